The van der Waals surface area contributed by atoms with Crippen LogP contribution in [-0.4, -0.2) is 20.2 Å². The summed E-state index contributed by atoms with van der Waals surface area (Å²) in [6, 6.07) is 16.1. The number of aromatic nitrogens is 4. The molecule has 0 bridgehead atoms. The van der Waals surface area contributed by atoms with E-state index >= 15 is 0 Å². The number of H-pyrrole nitrogens is 1. The number of nitriles is 1. The Labute approximate surface area is 213 Å². The van der Waals surface area contributed by atoms with Crippen LogP contribution in [-0.2, 0) is 6.54 Å². The number of halogens is 3. The fraction of sp³-hybridized carbons (Fsp3) is 0.0400. The summed E-state index contributed by atoms with van der Waals surface area (Å²) in [7, 11) is 0. The number of anilines is 3. The van der Waals surface area contributed by atoms with Crippen molar-refractivity contribution in [1.29, 1.82) is 5.26 Å². The van der Waals surface area contributed by atoms with Crippen molar-refractivity contribution in [2.75, 3.05) is 10.6 Å². The van der Waals surface area contributed by atoms with Crippen molar-refractivity contribution in [3.05, 3.63) is 93.7 Å². The van der Waals surface area contributed by atoms with Gasteiger partial charge in [-0.3, -0.25) is 15.1 Å². The Hall–Kier alpha value is -4.00. The summed E-state index contributed by atoms with van der Waals surface area (Å²) < 4.78 is 14.4. The number of fused-ring (bicyclic) bond motifs is 1. The molecular weight excluding hydrogens is 533 g/mol. The summed E-state index contributed by atoms with van der Waals surface area (Å²) >= 11 is 9.53. The highest BCUT2D eigenvalue weighted by Gasteiger charge is 2.14. The van der Waals surface area contributed by atoms with Gasteiger partial charge in [0.15, 0.2) is 0 Å². The first-order chi connectivity index (χ1) is 17.0. The summed E-state index contributed by atoms with van der Waals surface area (Å²) in [4.78, 5) is 8.47. The molecule has 0 radical (unpaired) electrons. The lowest BCUT2D eigenvalue weighted by atomic mass is 10.1. The van der Waals surface area contributed by atoms with E-state index in [-0.39, 0.29) is 5.02 Å². The molecule has 5 rings (SSSR count). The van der Waals surface area contributed by atoms with Crippen molar-refractivity contribution in [3.63, 3.8) is 0 Å². The third kappa shape index (κ3) is 4.80. The molecule has 3 aromatic heterocycles. The molecular formula is C25H16BrClFN7. The molecule has 35 heavy (non-hydrogen) atoms. The van der Waals surface area contributed by atoms with Crippen LogP contribution in [0.1, 0.15) is 11.3 Å². The highest BCUT2D eigenvalue weighted by atomic mass is 79.9. The van der Waals surface area contributed by atoms with E-state index in [0.29, 0.717) is 34.4 Å². The summed E-state index contributed by atoms with van der Waals surface area (Å²) in [6.45, 7) is 0.498. The third-order valence-corrected chi connectivity index (χ3v) is 6.22. The van der Waals surface area contributed by atoms with E-state index in [4.69, 9.17) is 11.6 Å². The van der Waals surface area contributed by atoms with Crippen LogP contribution >= 0.6 is 27.5 Å². The molecule has 0 amide bonds. The second-order valence-corrected chi connectivity index (χ2v) is 8.90. The molecule has 7 nitrogen and oxygen atoms in total. The molecule has 2 aromatic carbocycles. The molecule has 0 aliphatic heterocycles. The second-order valence-electron chi connectivity index (χ2n) is 7.63. The van der Waals surface area contributed by atoms with E-state index in [0.717, 1.165) is 27.1 Å². The average Bonchev–Trinajstić information content (AvgIpc) is 3.35. The van der Waals surface area contributed by atoms with Crippen LogP contribution in [0.25, 0.3) is 22.2 Å². The van der Waals surface area contributed by atoms with Crippen molar-refractivity contribution in [2.45, 2.75) is 6.54 Å². The van der Waals surface area contributed by atoms with Gasteiger partial charge in [-0.25, -0.2) is 4.39 Å². The Bertz CT molecular complexity index is 1580. The Morgan fingerprint density at radius 3 is 2.69 bits per heavy atom. The number of hydrogen-bond acceptors (Lipinski definition) is 6. The van der Waals surface area contributed by atoms with E-state index in [2.05, 4.69) is 52.8 Å². The number of hydrogen-bond donors (Lipinski definition) is 3. The van der Waals surface area contributed by atoms with E-state index < -0.39 is 5.82 Å². The molecule has 0 fully saturated rings. The molecule has 172 valence electrons. The van der Waals surface area contributed by atoms with Gasteiger partial charge >= 0.3 is 0 Å². The van der Waals surface area contributed by atoms with Crippen LogP contribution in [0.4, 0.5) is 21.5 Å². The number of nitrogens with one attached hydrogen (secondary N) is 3. The maximum atomic E-state index is 13.6. The summed E-state index contributed by atoms with van der Waals surface area (Å²) in [6.07, 6.45) is 4.95. The third-order valence-electron chi connectivity index (χ3n) is 5.32. The van der Waals surface area contributed by atoms with Crippen LogP contribution in [0.2, 0.25) is 5.02 Å². The first kappa shape index (κ1) is 22.8. The Kier molecular flexibility index (Phi) is 6.31. The fourth-order valence-corrected chi connectivity index (χ4v) is 4.36. The van der Waals surface area contributed by atoms with E-state index in [1.165, 1.54) is 18.3 Å². The van der Waals surface area contributed by atoms with Gasteiger partial charge in [0.2, 0.25) is 0 Å². The van der Waals surface area contributed by atoms with E-state index in [1.807, 2.05) is 30.3 Å². The summed E-state index contributed by atoms with van der Waals surface area (Å²) in [5.74, 6) is -0.516. The molecule has 0 saturated heterocycles. The first-order valence-corrected chi connectivity index (χ1v) is 11.6. The van der Waals surface area contributed by atoms with Gasteiger partial charge in [-0.2, -0.15) is 10.4 Å². The lowest BCUT2D eigenvalue weighted by Gasteiger charge is -2.14. The largest absolute Gasteiger partial charge is 0.379 e. The monoisotopic (exact) mass is 547 g/mol. The number of benzene rings is 2. The predicted molar refractivity (Wildman–Crippen MR) is 138 cm³/mol. The topological polar surface area (TPSA) is 102 Å². The van der Waals surface area contributed by atoms with Crippen LogP contribution in [0.3, 0.4) is 0 Å². The zero-order valence-electron chi connectivity index (χ0n) is 18.0. The molecule has 3 heterocycles. The maximum Gasteiger partial charge on any atom is 0.141 e. The Morgan fingerprint density at radius 1 is 1.09 bits per heavy atom. The van der Waals surface area contributed by atoms with E-state index in [1.54, 1.807) is 18.5 Å². The molecule has 0 unspecified atom stereocenters. The smallest absolute Gasteiger partial charge is 0.141 e. The lowest BCUT2D eigenvalue weighted by Crippen LogP contribution is -2.02. The Balaban J connectivity index is 1.46. The standard InChI is InChI=1S/C25H16BrClFN7/c26-20-8-17(31-13-18-10-23(35-34-18)14-3-5-30-6-4-14)7-19-24(15(11-29)12-32-25(19)20)33-16-1-2-22(28)21(27)9-16/h1-10,12,31H,13H2,(H,32,33)(H,34,35). The number of aromatic amines is 1. The molecule has 3 N–H and O–H groups in total. The molecule has 10 heteroatoms. The minimum Gasteiger partial charge on any atom is -0.379 e. The number of rotatable bonds is 6. The van der Waals surface area contributed by atoms with Crippen molar-refractivity contribution in [1.82, 2.24) is 20.2 Å². The molecule has 0 aliphatic carbocycles. The summed E-state index contributed by atoms with van der Waals surface area (Å²) in [5, 5.41) is 24.4. The van der Waals surface area contributed by atoms with Crippen LogP contribution in [0.15, 0.2) is 71.6 Å². The van der Waals surface area contributed by atoms with Crippen LogP contribution in [0.5, 0.6) is 0 Å². The number of nitrogens with zero attached hydrogens (tertiary/aromatic N) is 4. The molecule has 0 atom stereocenters. The molecule has 0 spiro atoms. The Morgan fingerprint density at radius 2 is 1.91 bits per heavy atom. The normalized spacial score (nSPS) is 10.8. The van der Waals surface area contributed by atoms with Gasteiger partial charge in [0.05, 0.1) is 39.7 Å². The number of pyridine rings is 2. The van der Waals surface area contributed by atoms with Crippen molar-refractivity contribution in [3.8, 4) is 17.3 Å². The van der Waals surface area contributed by atoms with Crippen molar-refractivity contribution in [2.24, 2.45) is 0 Å². The minimum absolute atomic E-state index is 0.0129. The molecule has 5 aromatic rings. The minimum atomic E-state index is -0.516. The van der Waals surface area contributed by atoms with Gasteiger partial charge in [0.25, 0.3) is 0 Å². The summed E-state index contributed by atoms with van der Waals surface area (Å²) in [5.41, 5.74) is 5.63. The molecule has 0 saturated carbocycles. The zero-order valence-corrected chi connectivity index (χ0v) is 20.3. The highest BCUT2D eigenvalue weighted by Crippen LogP contribution is 2.35. The van der Waals surface area contributed by atoms with Gasteiger partial charge in [-0.05, 0) is 64.5 Å². The van der Waals surface area contributed by atoms with Gasteiger partial charge in [0.1, 0.15) is 11.9 Å². The first-order valence-electron chi connectivity index (χ1n) is 10.4. The van der Waals surface area contributed by atoms with Gasteiger partial charge in [0, 0.05) is 45.4 Å². The quantitative estimate of drug-likeness (QED) is 0.216. The average molecular weight is 549 g/mol. The van der Waals surface area contributed by atoms with Gasteiger partial charge in [-0.1, -0.05) is 11.6 Å². The lowest BCUT2D eigenvalue weighted by molar-refractivity contribution is 0.628. The fourth-order valence-electron chi connectivity index (χ4n) is 3.62. The predicted octanol–water partition coefficient (Wildman–Crippen LogP) is 6.80. The van der Waals surface area contributed by atoms with Crippen LogP contribution < -0.4 is 10.6 Å². The maximum absolute atomic E-state index is 13.6. The zero-order chi connectivity index (χ0) is 24.4. The van der Waals surface area contributed by atoms with Gasteiger partial charge in [-0.15, -0.1) is 0 Å². The highest BCUT2D eigenvalue weighted by molar-refractivity contribution is 9.10. The molecule has 0 aliphatic rings. The SMILES string of the molecule is N#Cc1cnc2c(Br)cc(NCc3cc(-c4ccncc4)n[nH]3)cc2c1Nc1ccc(F)c(Cl)c1. The van der Waals surface area contributed by atoms with Crippen molar-refractivity contribution < 1.29 is 4.39 Å². The van der Waals surface area contributed by atoms with Crippen LogP contribution in [0, 0.1) is 17.1 Å². The van der Waals surface area contributed by atoms with Gasteiger partial charge < -0.3 is 10.6 Å². The second kappa shape index (κ2) is 9.70. The van der Waals surface area contributed by atoms with Crippen molar-refractivity contribution >= 4 is 55.5 Å². The van der Waals surface area contributed by atoms with E-state index in [9.17, 15) is 9.65 Å².